The minimum absolute atomic E-state index is 0.0309. The minimum atomic E-state index is -1.11. The molecule has 0 aliphatic heterocycles. The molecule has 0 radical (unpaired) electrons. The maximum Gasteiger partial charge on any atom is 0.249 e. The molecule has 9 heteroatoms. The highest BCUT2D eigenvalue weighted by molar-refractivity contribution is 6.01. The molecule has 0 aliphatic carbocycles. The van der Waals surface area contributed by atoms with Gasteiger partial charge in [0, 0.05) is 24.8 Å². The Morgan fingerprint density at radius 2 is 1.06 bits per heavy atom. The molecule has 274 valence electrons. The maximum atomic E-state index is 13.9. The number of hydrogen-bond donors (Lipinski definition) is 5. The molecule has 0 aromatic heterocycles. The van der Waals surface area contributed by atoms with Crippen molar-refractivity contribution in [1.82, 2.24) is 16.0 Å². The lowest BCUT2D eigenvalue weighted by atomic mass is 9.89. The summed E-state index contributed by atoms with van der Waals surface area (Å²) in [6.07, 6.45) is 0.929. The lowest BCUT2D eigenvalue weighted by molar-refractivity contribution is -0.137. The van der Waals surface area contributed by atoms with Crippen molar-refractivity contribution in [3.05, 3.63) is 144 Å². The van der Waals surface area contributed by atoms with Gasteiger partial charge in [-0.05, 0) is 60.3 Å². The highest BCUT2D eigenvalue weighted by atomic mass is 16.3. The van der Waals surface area contributed by atoms with Gasteiger partial charge in [-0.25, -0.2) is 0 Å². The Hall–Kier alpha value is -5.12. The van der Waals surface area contributed by atoms with Gasteiger partial charge in [0.2, 0.25) is 23.6 Å². The number of imide groups is 1. The summed E-state index contributed by atoms with van der Waals surface area (Å²) >= 11 is 0. The van der Waals surface area contributed by atoms with Crippen LogP contribution in [0.4, 0.5) is 0 Å². The van der Waals surface area contributed by atoms with Crippen LogP contribution >= 0.6 is 0 Å². The average Bonchev–Trinajstić information content (AvgIpc) is 3.14. The van der Waals surface area contributed by atoms with Crippen molar-refractivity contribution in [3.63, 3.8) is 0 Å². The SMILES string of the molecule is CC(C)CC(NC(=O)CCc1ccccc1)C(=O)NC(Cc1ccccc1)C(=O)NC(=O)[C@H](Cc1ccccc1)C[C@H](O)[C@@H](N)Cc1ccccc1. The van der Waals surface area contributed by atoms with Crippen LogP contribution in [0.5, 0.6) is 0 Å². The van der Waals surface area contributed by atoms with Crippen molar-refractivity contribution < 1.29 is 24.3 Å². The first-order chi connectivity index (χ1) is 25.1. The molecule has 0 saturated heterocycles. The predicted molar refractivity (Wildman–Crippen MR) is 204 cm³/mol. The summed E-state index contributed by atoms with van der Waals surface area (Å²) in [5.74, 6) is -2.73. The molecule has 0 saturated carbocycles. The number of carbonyl (C=O) groups excluding carboxylic acids is 4. The Morgan fingerprint density at radius 3 is 1.58 bits per heavy atom. The van der Waals surface area contributed by atoms with Crippen molar-refractivity contribution in [2.24, 2.45) is 17.6 Å². The van der Waals surface area contributed by atoms with Crippen molar-refractivity contribution in [1.29, 1.82) is 0 Å². The molecule has 6 N–H and O–H groups in total. The van der Waals surface area contributed by atoms with Crippen LogP contribution in [-0.2, 0) is 44.9 Å². The lowest BCUT2D eigenvalue weighted by Gasteiger charge is -2.26. The molecule has 0 aliphatic rings. The van der Waals surface area contributed by atoms with E-state index in [1.807, 2.05) is 135 Å². The second-order valence-electron chi connectivity index (χ2n) is 13.9. The van der Waals surface area contributed by atoms with Crippen molar-refractivity contribution in [3.8, 4) is 0 Å². The first-order valence-electron chi connectivity index (χ1n) is 18.1. The minimum Gasteiger partial charge on any atom is -0.391 e. The van der Waals surface area contributed by atoms with Crippen LogP contribution in [0.1, 0.15) is 55.4 Å². The van der Waals surface area contributed by atoms with E-state index in [4.69, 9.17) is 5.73 Å². The Balaban J connectivity index is 1.48. The van der Waals surface area contributed by atoms with Crippen molar-refractivity contribution in [2.45, 2.75) is 83.0 Å². The summed E-state index contributed by atoms with van der Waals surface area (Å²) in [7, 11) is 0. The molecule has 0 bridgehead atoms. The predicted octanol–water partition coefficient (Wildman–Crippen LogP) is 4.70. The molecule has 4 rings (SSSR count). The van der Waals surface area contributed by atoms with Gasteiger partial charge in [-0.3, -0.25) is 24.5 Å². The molecule has 4 aromatic carbocycles. The third-order valence-electron chi connectivity index (χ3n) is 9.03. The highest BCUT2D eigenvalue weighted by Gasteiger charge is 2.32. The van der Waals surface area contributed by atoms with Gasteiger partial charge < -0.3 is 21.5 Å². The fourth-order valence-corrected chi connectivity index (χ4v) is 6.18. The van der Waals surface area contributed by atoms with E-state index in [1.165, 1.54) is 0 Å². The molecule has 2 unspecified atom stereocenters. The summed E-state index contributed by atoms with van der Waals surface area (Å²) < 4.78 is 0. The third kappa shape index (κ3) is 13.5. The molecule has 4 aromatic rings. The van der Waals surface area contributed by atoms with Gasteiger partial charge in [-0.2, -0.15) is 0 Å². The molecule has 5 atom stereocenters. The molecule has 52 heavy (non-hydrogen) atoms. The van der Waals surface area contributed by atoms with E-state index in [1.54, 1.807) is 0 Å². The summed E-state index contributed by atoms with van der Waals surface area (Å²) in [5, 5.41) is 19.4. The zero-order valence-electron chi connectivity index (χ0n) is 30.1. The number of nitrogens with two attached hydrogens (primary N) is 1. The van der Waals surface area contributed by atoms with Crippen LogP contribution in [0.3, 0.4) is 0 Å². The number of nitrogens with one attached hydrogen (secondary N) is 3. The van der Waals surface area contributed by atoms with E-state index in [9.17, 15) is 24.3 Å². The van der Waals surface area contributed by atoms with Gasteiger partial charge in [0.05, 0.1) is 6.10 Å². The topological polar surface area (TPSA) is 151 Å². The van der Waals surface area contributed by atoms with Crippen molar-refractivity contribution >= 4 is 23.6 Å². The van der Waals surface area contributed by atoms with Crippen LogP contribution in [0, 0.1) is 11.8 Å². The van der Waals surface area contributed by atoms with E-state index in [0.717, 1.165) is 22.3 Å². The number of carbonyl (C=O) groups is 4. The lowest BCUT2D eigenvalue weighted by Crippen LogP contribution is -2.56. The molecule has 4 amide bonds. The number of hydrogen-bond acceptors (Lipinski definition) is 6. The molecular weight excluding hydrogens is 652 g/mol. The first-order valence-corrected chi connectivity index (χ1v) is 18.1. The van der Waals surface area contributed by atoms with E-state index < -0.39 is 47.9 Å². The van der Waals surface area contributed by atoms with Gasteiger partial charge in [-0.1, -0.05) is 135 Å². The second kappa shape index (κ2) is 20.7. The number of rotatable bonds is 19. The average molecular weight is 705 g/mol. The summed E-state index contributed by atoms with van der Waals surface area (Å²) in [4.78, 5) is 54.6. The van der Waals surface area contributed by atoms with E-state index >= 15 is 0 Å². The summed E-state index contributed by atoms with van der Waals surface area (Å²) in [6.45, 7) is 3.91. The Morgan fingerprint density at radius 1 is 0.577 bits per heavy atom. The monoisotopic (exact) mass is 704 g/mol. The van der Waals surface area contributed by atoms with Crippen LogP contribution < -0.4 is 21.7 Å². The third-order valence-corrected chi connectivity index (χ3v) is 9.03. The van der Waals surface area contributed by atoms with E-state index in [0.29, 0.717) is 19.3 Å². The largest absolute Gasteiger partial charge is 0.391 e. The van der Waals surface area contributed by atoms with Crippen LogP contribution in [0.2, 0.25) is 0 Å². The fraction of sp³-hybridized carbons (Fsp3) is 0.349. The van der Waals surface area contributed by atoms with Gasteiger partial charge in [0.25, 0.3) is 0 Å². The Labute approximate surface area is 307 Å². The van der Waals surface area contributed by atoms with Crippen LogP contribution in [0.25, 0.3) is 0 Å². The van der Waals surface area contributed by atoms with Gasteiger partial charge in [0.1, 0.15) is 12.1 Å². The van der Waals surface area contributed by atoms with Crippen molar-refractivity contribution in [2.75, 3.05) is 0 Å². The quantitative estimate of drug-likeness (QED) is 0.0956. The molecule has 0 fully saturated rings. The number of aliphatic hydroxyl groups is 1. The normalized spacial score (nSPS) is 14.0. The standard InChI is InChI=1S/C43H52N4O5/c1-30(2)25-37(45-40(49)24-23-31-15-7-3-8-16-31)42(51)46-38(28-34-21-13-6-14-22-34)43(52)47-41(50)35(26-32-17-9-4-10-18-32)29-39(48)36(44)27-33-19-11-5-12-20-33/h3-22,30,35-39,48H,23-29,44H2,1-2H3,(H,45,49)(H,46,51)(H,47,50,52)/t35-,36+,37?,38?,39+/m1/s1. The Bertz CT molecular complexity index is 1690. The number of aryl methyl sites for hydroxylation is 1. The summed E-state index contributed by atoms with van der Waals surface area (Å²) in [5.41, 5.74) is 10.0. The zero-order valence-corrected chi connectivity index (χ0v) is 30.1. The highest BCUT2D eigenvalue weighted by Crippen LogP contribution is 2.18. The number of aliphatic hydroxyl groups excluding tert-OH is 1. The Kier molecular flexibility index (Phi) is 15.8. The fourth-order valence-electron chi connectivity index (χ4n) is 6.18. The smallest absolute Gasteiger partial charge is 0.249 e. The molecular formula is C43H52N4O5. The molecule has 9 nitrogen and oxygen atoms in total. The van der Waals surface area contributed by atoms with E-state index in [-0.39, 0.29) is 37.5 Å². The number of benzene rings is 4. The molecule has 0 heterocycles. The number of amides is 4. The van der Waals surface area contributed by atoms with Gasteiger partial charge >= 0.3 is 0 Å². The van der Waals surface area contributed by atoms with E-state index in [2.05, 4.69) is 16.0 Å². The van der Waals surface area contributed by atoms with Gasteiger partial charge in [0.15, 0.2) is 0 Å². The maximum absolute atomic E-state index is 13.9. The van der Waals surface area contributed by atoms with Crippen LogP contribution in [0.15, 0.2) is 121 Å². The first kappa shape index (κ1) is 39.7. The van der Waals surface area contributed by atoms with Crippen LogP contribution in [-0.4, -0.2) is 53.0 Å². The molecule has 0 spiro atoms. The second-order valence-corrected chi connectivity index (χ2v) is 13.9. The zero-order chi connectivity index (χ0) is 37.3. The summed E-state index contributed by atoms with van der Waals surface area (Å²) in [6, 6.07) is 35.2. The van der Waals surface area contributed by atoms with Gasteiger partial charge in [-0.15, -0.1) is 0 Å².